The van der Waals surface area contributed by atoms with Crippen molar-refractivity contribution in [3.63, 3.8) is 0 Å². The molecule has 0 spiro atoms. The van der Waals surface area contributed by atoms with Gasteiger partial charge in [-0.2, -0.15) is 0 Å². The van der Waals surface area contributed by atoms with E-state index in [4.69, 9.17) is 0 Å². The molecule has 0 bridgehead atoms. The highest BCUT2D eigenvalue weighted by atomic mass is 79.9. The van der Waals surface area contributed by atoms with Crippen LogP contribution in [0, 0.1) is 46.3 Å². The van der Waals surface area contributed by atoms with Gasteiger partial charge in [-0.25, -0.2) is 0 Å². The van der Waals surface area contributed by atoms with Crippen LogP contribution in [0.15, 0.2) is 0 Å². The molecule has 0 aromatic rings. The number of alkyl halides is 1. The van der Waals surface area contributed by atoms with Crippen LogP contribution in [-0.2, 0) is 4.79 Å². The predicted molar refractivity (Wildman–Crippen MR) is 116 cm³/mol. The third-order valence-corrected chi connectivity index (χ3v) is 11.3. The van der Waals surface area contributed by atoms with Crippen LogP contribution in [-0.4, -0.2) is 21.8 Å². The summed E-state index contributed by atoms with van der Waals surface area (Å²) < 4.78 is 0. The van der Waals surface area contributed by atoms with Crippen LogP contribution < -0.4 is 0 Å². The Bertz CT molecular complexity index is 640. The van der Waals surface area contributed by atoms with Crippen LogP contribution >= 0.6 is 15.9 Å². The maximum absolute atomic E-state index is 12.8. The average molecular weight is 451 g/mol. The molecule has 0 heterocycles. The van der Waals surface area contributed by atoms with E-state index in [0.29, 0.717) is 27.9 Å². The lowest BCUT2D eigenvalue weighted by molar-refractivity contribution is -0.168. The van der Waals surface area contributed by atoms with Crippen LogP contribution in [0.5, 0.6) is 0 Å². The van der Waals surface area contributed by atoms with E-state index in [1.165, 1.54) is 57.8 Å². The molecule has 0 amide bonds. The third kappa shape index (κ3) is 2.70. The van der Waals surface area contributed by atoms with E-state index in [9.17, 15) is 9.90 Å². The largest absolute Gasteiger partial charge is 0.390 e. The van der Waals surface area contributed by atoms with Gasteiger partial charge in [0.25, 0.3) is 0 Å². The Balaban J connectivity index is 1.48. The molecule has 0 aromatic heterocycles. The van der Waals surface area contributed by atoms with Gasteiger partial charge in [0.1, 0.15) is 5.78 Å². The Morgan fingerprint density at radius 2 is 1.71 bits per heavy atom. The van der Waals surface area contributed by atoms with Crippen molar-refractivity contribution in [2.24, 2.45) is 46.3 Å². The Kier molecular flexibility index (Phi) is 4.87. The van der Waals surface area contributed by atoms with Crippen molar-refractivity contribution in [1.29, 1.82) is 0 Å². The number of ketones is 1. The van der Waals surface area contributed by atoms with Crippen molar-refractivity contribution in [2.45, 2.75) is 96.5 Å². The number of rotatable bonds is 4. The van der Waals surface area contributed by atoms with Crippen molar-refractivity contribution >= 4 is 21.7 Å². The molecule has 158 valence electrons. The van der Waals surface area contributed by atoms with E-state index in [-0.39, 0.29) is 0 Å². The van der Waals surface area contributed by atoms with Crippen LogP contribution in [0.3, 0.4) is 0 Å². The maximum Gasteiger partial charge on any atom is 0.147 e. The van der Waals surface area contributed by atoms with Gasteiger partial charge in [-0.3, -0.25) is 4.79 Å². The van der Waals surface area contributed by atoms with Gasteiger partial charge >= 0.3 is 0 Å². The second-order valence-corrected chi connectivity index (χ2v) is 12.2. The van der Waals surface area contributed by atoms with Gasteiger partial charge in [-0.05, 0) is 124 Å². The van der Waals surface area contributed by atoms with Crippen molar-refractivity contribution in [3.8, 4) is 0 Å². The fourth-order valence-electron chi connectivity index (χ4n) is 9.65. The minimum absolute atomic E-state index is 0.295. The summed E-state index contributed by atoms with van der Waals surface area (Å²) in [5, 5.41) is 11.4. The number of hydrogen-bond donors (Lipinski definition) is 1. The van der Waals surface area contributed by atoms with E-state index in [1.54, 1.807) is 0 Å². The first-order valence-corrected chi connectivity index (χ1v) is 13.3. The second kappa shape index (κ2) is 6.81. The van der Waals surface area contributed by atoms with E-state index in [1.807, 2.05) is 0 Å². The summed E-state index contributed by atoms with van der Waals surface area (Å²) >= 11 is 3.48. The monoisotopic (exact) mass is 450 g/mol. The summed E-state index contributed by atoms with van der Waals surface area (Å²) in [6.45, 7) is 4.46. The first-order valence-electron chi connectivity index (χ1n) is 12.2. The molecule has 1 N–H and O–H groups in total. The molecule has 5 aliphatic carbocycles. The molecule has 28 heavy (non-hydrogen) atoms. The van der Waals surface area contributed by atoms with E-state index < -0.39 is 5.60 Å². The normalized spacial score (nSPS) is 53.2. The van der Waals surface area contributed by atoms with Gasteiger partial charge in [-0.1, -0.05) is 22.9 Å². The highest BCUT2D eigenvalue weighted by Gasteiger charge is 2.66. The molecule has 5 saturated carbocycles. The SMILES string of the molecule is CC[C@]12CC[C@H]3[C@@H](CC[C@@H]4C[C@](C)(O)CC[C@@]43C3CC3)[C@@H]1CC[C@@H]2C(=O)CBr. The molecular weight excluding hydrogens is 412 g/mol. The quantitative estimate of drug-likeness (QED) is 0.522. The smallest absolute Gasteiger partial charge is 0.147 e. The predicted octanol–water partition coefficient (Wildman–Crippen LogP) is 6.14. The third-order valence-electron chi connectivity index (χ3n) is 10.8. The van der Waals surface area contributed by atoms with Crippen LogP contribution in [0.1, 0.15) is 90.9 Å². The molecule has 3 heteroatoms. The Morgan fingerprint density at radius 1 is 0.964 bits per heavy atom. The van der Waals surface area contributed by atoms with Gasteiger partial charge in [0.2, 0.25) is 0 Å². The van der Waals surface area contributed by atoms with Gasteiger partial charge in [0.05, 0.1) is 10.9 Å². The summed E-state index contributed by atoms with van der Waals surface area (Å²) in [6, 6.07) is 0. The molecule has 5 fully saturated rings. The number of aliphatic hydroxyl groups is 1. The van der Waals surface area contributed by atoms with Crippen LogP contribution in [0.2, 0.25) is 0 Å². The van der Waals surface area contributed by atoms with Crippen molar-refractivity contribution < 1.29 is 9.90 Å². The van der Waals surface area contributed by atoms with Crippen LogP contribution in [0.4, 0.5) is 0 Å². The molecule has 8 atom stereocenters. The molecule has 0 radical (unpaired) electrons. The fourth-order valence-corrected chi connectivity index (χ4v) is 10.0. The topological polar surface area (TPSA) is 37.3 Å². The lowest BCUT2D eigenvalue weighted by Crippen LogP contribution is -2.58. The standard InChI is InChI=1S/C25H39BrO2/c1-3-24-11-10-20-18(19(24)8-9-21(24)22(27)15-26)7-6-17-14-23(2,28)12-13-25(17,20)16-4-5-16/h16-21,28H,3-15H2,1-2H3/t17-,18+,19+,20+,21-,23-,24+,25-/m1/s1. The molecule has 0 unspecified atom stereocenters. The Hall–Kier alpha value is 0.110. The summed E-state index contributed by atoms with van der Waals surface area (Å²) in [4.78, 5) is 12.8. The molecule has 0 aliphatic heterocycles. The fraction of sp³-hybridized carbons (Fsp3) is 0.960. The zero-order chi connectivity index (χ0) is 19.7. The number of hydrogen-bond acceptors (Lipinski definition) is 2. The molecular formula is C25H39BrO2. The van der Waals surface area contributed by atoms with Gasteiger partial charge < -0.3 is 5.11 Å². The van der Waals surface area contributed by atoms with Crippen molar-refractivity contribution in [2.75, 3.05) is 5.33 Å². The highest BCUT2D eigenvalue weighted by molar-refractivity contribution is 9.09. The summed E-state index contributed by atoms with van der Waals surface area (Å²) in [5.41, 5.74) is 0.394. The molecule has 0 aromatic carbocycles. The number of carbonyl (C=O) groups excluding carboxylic acids is 1. The van der Waals surface area contributed by atoms with E-state index in [2.05, 4.69) is 29.8 Å². The molecule has 5 aliphatic rings. The first-order chi connectivity index (χ1) is 13.4. The maximum atomic E-state index is 12.8. The van der Waals surface area contributed by atoms with Crippen molar-refractivity contribution in [3.05, 3.63) is 0 Å². The number of halogens is 1. The molecule has 0 saturated heterocycles. The zero-order valence-corrected chi connectivity index (χ0v) is 19.5. The average Bonchev–Trinajstić information content (AvgIpc) is 3.46. The highest BCUT2D eigenvalue weighted by Crippen LogP contribution is 2.73. The Morgan fingerprint density at radius 3 is 2.39 bits per heavy atom. The second-order valence-electron chi connectivity index (χ2n) is 11.6. The zero-order valence-electron chi connectivity index (χ0n) is 17.9. The molecule has 5 rings (SSSR count). The number of carbonyl (C=O) groups is 1. The van der Waals surface area contributed by atoms with Gasteiger partial charge in [0.15, 0.2) is 0 Å². The summed E-state index contributed by atoms with van der Waals surface area (Å²) in [6.07, 6.45) is 15.2. The molecule has 2 nitrogen and oxygen atoms in total. The lowest BCUT2D eigenvalue weighted by atomic mass is 9.41. The van der Waals surface area contributed by atoms with E-state index >= 15 is 0 Å². The lowest BCUT2D eigenvalue weighted by Gasteiger charge is -2.63. The number of fused-ring (bicyclic) bond motifs is 5. The summed E-state index contributed by atoms with van der Waals surface area (Å²) in [7, 11) is 0. The van der Waals surface area contributed by atoms with Crippen LogP contribution in [0.25, 0.3) is 0 Å². The van der Waals surface area contributed by atoms with Gasteiger partial charge in [-0.15, -0.1) is 0 Å². The minimum Gasteiger partial charge on any atom is -0.390 e. The summed E-state index contributed by atoms with van der Waals surface area (Å²) in [5.74, 6) is 4.98. The van der Waals surface area contributed by atoms with Crippen molar-refractivity contribution in [1.82, 2.24) is 0 Å². The Labute approximate surface area is 179 Å². The van der Waals surface area contributed by atoms with E-state index in [0.717, 1.165) is 48.9 Å². The number of Topliss-reactive ketones (excluding diaryl/α,β-unsaturated/α-hetero) is 1. The van der Waals surface area contributed by atoms with Gasteiger partial charge in [0, 0.05) is 5.92 Å². The minimum atomic E-state index is -0.432. The first kappa shape index (κ1) is 20.0.